The van der Waals surface area contributed by atoms with Crippen LogP contribution < -0.4 is 18.9 Å². The summed E-state index contributed by atoms with van der Waals surface area (Å²) in [6, 6.07) is 0. The predicted octanol–water partition coefficient (Wildman–Crippen LogP) is -1.24. The maximum Gasteiger partial charge on any atom is 1.00 e. The van der Waals surface area contributed by atoms with Crippen LogP contribution in [-0.4, -0.2) is 19.1 Å². The normalized spacial score (nSPS) is 8.44. The van der Waals surface area contributed by atoms with Gasteiger partial charge >= 0.3 is 18.9 Å². The van der Waals surface area contributed by atoms with Crippen LogP contribution in [0.15, 0.2) is 12.3 Å². The molecular formula is C6H13LiN2. The Morgan fingerprint density at radius 3 is 2.11 bits per heavy atom. The van der Waals surface area contributed by atoms with Crippen molar-refractivity contribution in [3.8, 4) is 0 Å². The zero-order valence-corrected chi connectivity index (χ0v) is 6.81. The summed E-state index contributed by atoms with van der Waals surface area (Å²) in [6.07, 6.45) is 0.929. The van der Waals surface area contributed by atoms with Gasteiger partial charge < -0.3 is 10.4 Å². The standard InChI is InChI=1S/C6H13N2.Li/c1-5-6(2)7-8(3)4;/h2,5H2,1,3-4H3;/q-1;+1. The zero-order chi connectivity index (χ0) is 6.57. The Morgan fingerprint density at radius 1 is 1.56 bits per heavy atom. The Hall–Kier alpha value is 0.0974. The van der Waals surface area contributed by atoms with Crippen LogP contribution in [-0.2, 0) is 0 Å². The van der Waals surface area contributed by atoms with Gasteiger partial charge in [-0.3, -0.25) is 0 Å². The first-order valence-corrected chi connectivity index (χ1v) is 2.73. The second-order valence-corrected chi connectivity index (χ2v) is 1.87. The molecule has 0 saturated heterocycles. The molecule has 0 unspecified atom stereocenters. The molecule has 3 heteroatoms. The number of hydrogen-bond donors (Lipinski definition) is 0. The van der Waals surface area contributed by atoms with Gasteiger partial charge in [0, 0.05) is 0 Å². The van der Waals surface area contributed by atoms with Crippen molar-refractivity contribution in [1.82, 2.24) is 5.01 Å². The number of nitrogens with zero attached hydrogens (tertiary/aromatic N) is 2. The average Bonchev–Trinajstić information content (AvgIpc) is 1.65. The van der Waals surface area contributed by atoms with Gasteiger partial charge in [-0.25, -0.2) is 0 Å². The van der Waals surface area contributed by atoms with Crippen LogP contribution in [0.1, 0.15) is 13.3 Å². The molecule has 0 N–H and O–H groups in total. The molecule has 0 bridgehead atoms. The molecule has 9 heavy (non-hydrogen) atoms. The average molecular weight is 120 g/mol. The summed E-state index contributed by atoms with van der Waals surface area (Å²) in [5.41, 5.74) is 4.96. The second kappa shape index (κ2) is 6.22. The first kappa shape index (κ1) is 11.8. The molecule has 0 spiro atoms. The molecule has 0 aromatic carbocycles. The largest absolute Gasteiger partial charge is 1.00 e. The molecule has 0 rings (SSSR count). The van der Waals surface area contributed by atoms with Crippen molar-refractivity contribution in [2.24, 2.45) is 0 Å². The Morgan fingerprint density at radius 2 is 2.00 bits per heavy atom. The van der Waals surface area contributed by atoms with Crippen LogP contribution >= 0.6 is 0 Å². The molecule has 0 aromatic heterocycles. The van der Waals surface area contributed by atoms with E-state index in [1.54, 1.807) is 5.01 Å². The van der Waals surface area contributed by atoms with E-state index in [0.717, 1.165) is 12.1 Å². The molecule has 0 fully saturated rings. The first-order chi connectivity index (χ1) is 3.66. The van der Waals surface area contributed by atoms with Crippen molar-refractivity contribution in [1.29, 1.82) is 0 Å². The zero-order valence-electron chi connectivity index (χ0n) is 6.81. The number of allylic oxidation sites excluding steroid dienone is 1. The summed E-state index contributed by atoms with van der Waals surface area (Å²) in [7, 11) is 3.78. The van der Waals surface area contributed by atoms with E-state index in [0.29, 0.717) is 0 Å². The van der Waals surface area contributed by atoms with Gasteiger partial charge in [0.2, 0.25) is 0 Å². The molecule has 48 valence electrons. The minimum atomic E-state index is 0. The summed E-state index contributed by atoms with van der Waals surface area (Å²) in [5.74, 6) is 0. The monoisotopic (exact) mass is 120 g/mol. The van der Waals surface area contributed by atoms with Gasteiger partial charge in [0.1, 0.15) is 0 Å². The summed E-state index contributed by atoms with van der Waals surface area (Å²) in [6.45, 7) is 5.74. The maximum absolute atomic E-state index is 4.03. The fourth-order valence-electron chi connectivity index (χ4n) is 0.354. The fraction of sp³-hybridized carbons (Fsp3) is 0.667. The summed E-state index contributed by atoms with van der Waals surface area (Å²) < 4.78 is 0. The van der Waals surface area contributed by atoms with Crippen LogP contribution in [0.5, 0.6) is 0 Å². The summed E-state index contributed by atoms with van der Waals surface area (Å²) in [4.78, 5) is 0. The van der Waals surface area contributed by atoms with Crippen molar-refractivity contribution in [2.45, 2.75) is 13.3 Å². The third-order valence-corrected chi connectivity index (χ3v) is 0.750. The van der Waals surface area contributed by atoms with Crippen LogP contribution in [0.2, 0.25) is 0 Å². The minimum absolute atomic E-state index is 0. The van der Waals surface area contributed by atoms with E-state index in [-0.39, 0.29) is 18.9 Å². The van der Waals surface area contributed by atoms with Gasteiger partial charge in [-0.1, -0.05) is 13.3 Å². The van der Waals surface area contributed by atoms with Crippen molar-refractivity contribution in [3.63, 3.8) is 0 Å². The molecule has 0 saturated carbocycles. The molecule has 2 nitrogen and oxygen atoms in total. The van der Waals surface area contributed by atoms with E-state index in [1.165, 1.54) is 0 Å². The van der Waals surface area contributed by atoms with E-state index in [4.69, 9.17) is 0 Å². The maximum atomic E-state index is 4.03. The third-order valence-electron chi connectivity index (χ3n) is 0.750. The van der Waals surface area contributed by atoms with E-state index in [9.17, 15) is 0 Å². The molecule has 0 amide bonds. The fourth-order valence-corrected chi connectivity index (χ4v) is 0.354. The van der Waals surface area contributed by atoms with E-state index in [1.807, 2.05) is 21.0 Å². The second-order valence-electron chi connectivity index (χ2n) is 1.87. The Bertz CT molecular complexity index is 81.1. The van der Waals surface area contributed by atoms with Gasteiger partial charge in [0.05, 0.1) is 0 Å². The molecular weight excluding hydrogens is 107 g/mol. The number of hydrogen-bond acceptors (Lipinski definition) is 1. The SMILES string of the molecule is C=C(CC)[N-]N(C)C.[Li+]. The number of rotatable bonds is 3. The van der Waals surface area contributed by atoms with E-state index in [2.05, 4.69) is 12.0 Å². The Kier molecular flexibility index (Phi) is 8.19. The quantitative estimate of drug-likeness (QED) is 0.336. The smallest absolute Gasteiger partial charge is 0.624 e. The van der Waals surface area contributed by atoms with E-state index >= 15 is 0 Å². The van der Waals surface area contributed by atoms with E-state index < -0.39 is 0 Å². The van der Waals surface area contributed by atoms with Crippen molar-refractivity contribution in [2.75, 3.05) is 14.1 Å². The summed E-state index contributed by atoms with van der Waals surface area (Å²) >= 11 is 0. The predicted molar refractivity (Wildman–Crippen MR) is 36.5 cm³/mol. The van der Waals surface area contributed by atoms with Gasteiger partial charge in [-0.05, 0) is 14.1 Å². The van der Waals surface area contributed by atoms with Crippen molar-refractivity contribution < 1.29 is 18.9 Å². The van der Waals surface area contributed by atoms with Gasteiger partial charge in [0.25, 0.3) is 0 Å². The van der Waals surface area contributed by atoms with Crippen LogP contribution in [0.4, 0.5) is 0 Å². The summed E-state index contributed by atoms with van der Waals surface area (Å²) in [5, 5.41) is 1.76. The molecule has 0 aliphatic heterocycles. The Labute approximate surface area is 69.5 Å². The Balaban J connectivity index is 0. The molecule has 0 aromatic rings. The van der Waals surface area contributed by atoms with Gasteiger partial charge in [0.15, 0.2) is 0 Å². The van der Waals surface area contributed by atoms with Crippen molar-refractivity contribution in [3.05, 3.63) is 17.7 Å². The van der Waals surface area contributed by atoms with Crippen molar-refractivity contribution >= 4 is 0 Å². The topological polar surface area (TPSA) is 17.3 Å². The molecule has 0 aliphatic carbocycles. The van der Waals surface area contributed by atoms with Gasteiger partial charge in [-0.2, -0.15) is 5.70 Å². The third kappa shape index (κ3) is 8.10. The van der Waals surface area contributed by atoms with Gasteiger partial charge in [-0.15, -0.1) is 6.58 Å². The van der Waals surface area contributed by atoms with Crippen LogP contribution in [0.3, 0.4) is 0 Å². The molecule has 0 atom stereocenters. The van der Waals surface area contributed by atoms with Crippen LogP contribution in [0, 0.1) is 0 Å². The molecule has 0 aliphatic rings. The first-order valence-electron chi connectivity index (χ1n) is 2.73. The molecule has 0 radical (unpaired) electrons. The minimum Gasteiger partial charge on any atom is -0.624 e. The van der Waals surface area contributed by atoms with Crippen LogP contribution in [0.25, 0.3) is 5.43 Å². The molecule has 0 heterocycles.